The van der Waals surface area contributed by atoms with E-state index in [9.17, 15) is 4.79 Å². The van der Waals surface area contributed by atoms with Crippen molar-refractivity contribution in [3.05, 3.63) is 0 Å². The molecule has 0 saturated carbocycles. The normalized spacial score (nSPS) is 14.7. The van der Waals surface area contributed by atoms with Gasteiger partial charge in [-0.1, -0.05) is 20.8 Å². The summed E-state index contributed by atoms with van der Waals surface area (Å²) in [6.45, 7) is 10.3. The first-order chi connectivity index (χ1) is 8.43. The van der Waals surface area contributed by atoms with E-state index in [-0.39, 0.29) is 12.4 Å². The standard InChI is InChI=1S/C14H26O3Si/c1-7-12-14(6,13(15)16-8-2)17-18(9-3,10-4)11-5/h1H,8-12H2,2-6H3/t14-/m0/s1. The van der Waals surface area contributed by atoms with Crippen molar-refractivity contribution in [1.29, 1.82) is 0 Å². The van der Waals surface area contributed by atoms with Crippen LogP contribution >= 0.6 is 0 Å². The third kappa shape index (κ3) is 4.15. The fraction of sp³-hybridized carbons (Fsp3) is 0.786. The molecule has 18 heavy (non-hydrogen) atoms. The molecule has 0 N–H and O–H groups in total. The van der Waals surface area contributed by atoms with Gasteiger partial charge in [-0.2, -0.15) is 0 Å². The van der Waals surface area contributed by atoms with E-state index in [1.54, 1.807) is 13.8 Å². The van der Waals surface area contributed by atoms with E-state index in [2.05, 4.69) is 26.7 Å². The molecule has 0 radical (unpaired) electrons. The number of carbonyl (C=O) groups excluding carboxylic acids is 1. The number of rotatable bonds is 8. The second kappa shape index (κ2) is 7.60. The van der Waals surface area contributed by atoms with Gasteiger partial charge in [-0.3, -0.25) is 0 Å². The molecule has 0 aromatic rings. The predicted octanol–water partition coefficient (Wildman–Crippen LogP) is 3.35. The van der Waals surface area contributed by atoms with Crippen molar-refractivity contribution in [2.24, 2.45) is 0 Å². The lowest BCUT2D eigenvalue weighted by molar-refractivity contribution is -0.160. The van der Waals surface area contributed by atoms with Crippen LogP contribution in [0, 0.1) is 12.3 Å². The summed E-state index contributed by atoms with van der Waals surface area (Å²) in [5, 5.41) is 0. The molecule has 0 aliphatic rings. The van der Waals surface area contributed by atoms with Crippen LogP contribution in [0.25, 0.3) is 0 Å². The van der Waals surface area contributed by atoms with Gasteiger partial charge in [0.15, 0.2) is 13.9 Å². The zero-order valence-electron chi connectivity index (χ0n) is 12.3. The second-order valence-corrected chi connectivity index (χ2v) is 9.37. The summed E-state index contributed by atoms with van der Waals surface area (Å²) in [5.74, 6) is 2.20. The van der Waals surface area contributed by atoms with E-state index >= 15 is 0 Å². The zero-order valence-corrected chi connectivity index (χ0v) is 13.3. The number of carbonyl (C=O) groups is 1. The third-order valence-electron chi connectivity index (χ3n) is 3.52. The third-order valence-corrected chi connectivity index (χ3v) is 8.27. The summed E-state index contributed by atoms with van der Waals surface area (Å²) < 4.78 is 11.4. The minimum absolute atomic E-state index is 0.264. The first-order valence-electron chi connectivity index (χ1n) is 6.74. The average molecular weight is 270 g/mol. The van der Waals surface area contributed by atoms with E-state index in [1.807, 2.05) is 0 Å². The maximum atomic E-state index is 12.1. The Labute approximate surface area is 112 Å². The molecular formula is C14H26O3Si. The SMILES string of the molecule is C#CC[C@](C)(O[Si](CC)(CC)CC)C(=O)OCC. The lowest BCUT2D eigenvalue weighted by Gasteiger charge is -2.37. The van der Waals surface area contributed by atoms with Crippen LogP contribution in [0.1, 0.15) is 41.0 Å². The molecule has 0 spiro atoms. The Hall–Kier alpha value is -0.793. The summed E-state index contributed by atoms with van der Waals surface area (Å²) >= 11 is 0. The van der Waals surface area contributed by atoms with Gasteiger partial charge in [-0.05, 0) is 32.0 Å². The lowest BCUT2D eigenvalue weighted by atomic mass is 10.0. The molecule has 0 fully saturated rings. The molecule has 0 rings (SSSR count). The summed E-state index contributed by atoms with van der Waals surface area (Å²) in [7, 11) is -1.88. The van der Waals surface area contributed by atoms with Crippen molar-refractivity contribution >= 4 is 14.3 Å². The smallest absolute Gasteiger partial charge is 0.337 e. The van der Waals surface area contributed by atoms with Gasteiger partial charge >= 0.3 is 5.97 Å². The predicted molar refractivity (Wildman–Crippen MR) is 76.8 cm³/mol. The van der Waals surface area contributed by atoms with Crippen molar-refractivity contribution < 1.29 is 14.0 Å². The number of hydrogen-bond donors (Lipinski definition) is 0. The Balaban J connectivity index is 5.11. The van der Waals surface area contributed by atoms with Crippen molar-refractivity contribution in [1.82, 2.24) is 0 Å². The maximum Gasteiger partial charge on any atom is 0.337 e. The van der Waals surface area contributed by atoms with E-state index in [4.69, 9.17) is 15.6 Å². The molecule has 0 bridgehead atoms. The van der Waals surface area contributed by atoms with Gasteiger partial charge in [0.1, 0.15) is 0 Å². The van der Waals surface area contributed by atoms with E-state index in [0.717, 1.165) is 18.1 Å². The highest BCUT2D eigenvalue weighted by atomic mass is 28.4. The van der Waals surface area contributed by atoms with Crippen LogP contribution < -0.4 is 0 Å². The fourth-order valence-electron chi connectivity index (χ4n) is 2.07. The van der Waals surface area contributed by atoms with Gasteiger partial charge in [0.25, 0.3) is 0 Å². The van der Waals surface area contributed by atoms with Crippen molar-refractivity contribution in [3.63, 3.8) is 0 Å². The van der Waals surface area contributed by atoms with Crippen LogP contribution in [0.2, 0.25) is 18.1 Å². The molecule has 0 aliphatic heterocycles. The van der Waals surface area contributed by atoms with Crippen molar-refractivity contribution in [2.75, 3.05) is 6.61 Å². The molecule has 104 valence electrons. The molecule has 0 unspecified atom stereocenters. The summed E-state index contributed by atoms with van der Waals surface area (Å²) in [6, 6.07) is 2.96. The van der Waals surface area contributed by atoms with Gasteiger partial charge in [0.2, 0.25) is 0 Å². The number of ether oxygens (including phenoxy) is 1. The van der Waals surface area contributed by atoms with Gasteiger partial charge in [0, 0.05) is 6.42 Å². The first-order valence-corrected chi connectivity index (χ1v) is 9.27. The van der Waals surface area contributed by atoms with Gasteiger partial charge in [0.05, 0.1) is 6.61 Å². The number of hydrogen-bond acceptors (Lipinski definition) is 3. The summed E-state index contributed by atoms with van der Waals surface area (Å²) in [5.41, 5.74) is -0.987. The Morgan fingerprint density at radius 3 is 2.06 bits per heavy atom. The molecule has 0 aromatic carbocycles. The quantitative estimate of drug-likeness (QED) is 0.385. The van der Waals surface area contributed by atoms with Gasteiger partial charge in [-0.15, -0.1) is 12.3 Å². The topological polar surface area (TPSA) is 35.5 Å². The van der Waals surface area contributed by atoms with Crippen molar-refractivity contribution in [3.8, 4) is 12.3 Å². The largest absolute Gasteiger partial charge is 0.464 e. The highest BCUT2D eigenvalue weighted by Gasteiger charge is 2.43. The molecule has 0 saturated heterocycles. The second-order valence-electron chi connectivity index (χ2n) is 4.68. The van der Waals surface area contributed by atoms with Gasteiger partial charge < -0.3 is 9.16 Å². The van der Waals surface area contributed by atoms with E-state index in [1.165, 1.54) is 0 Å². The van der Waals surface area contributed by atoms with Crippen LogP contribution in [0.4, 0.5) is 0 Å². The monoisotopic (exact) mass is 270 g/mol. The minimum atomic E-state index is -1.88. The van der Waals surface area contributed by atoms with Crippen molar-refractivity contribution in [2.45, 2.75) is 64.8 Å². The molecule has 1 atom stereocenters. The van der Waals surface area contributed by atoms with Crippen LogP contribution in [0.5, 0.6) is 0 Å². The maximum absolute atomic E-state index is 12.1. The fourth-order valence-corrected chi connectivity index (χ4v) is 5.12. The Kier molecular flexibility index (Phi) is 7.26. The molecule has 0 aromatic heterocycles. The molecular weight excluding hydrogens is 244 g/mol. The highest BCUT2D eigenvalue weighted by Crippen LogP contribution is 2.30. The molecule has 4 heteroatoms. The molecule has 0 heterocycles. The Morgan fingerprint density at radius 2 is 1.72 bits per heavy atom. The number of terminal acetylenes is 1. The van der Waals surface area contributed by atoms with Crippen LogP contribution in [-0.2, 0) is 14.0 Å². The Bertz CT molecular complexity index is 296. The van der Waals surface area contributed by atoms with Gasteiger partial charge in [-0.25, -0.2) is 4.79 Å². The minimum Gasteiger partial charge on any atom is -0.464 e. The van der Waals surface area contributed by atoms with Crippen LogP contribution in [0.3, 0.4) is 0 Å². The van der Waals surface area contributed by atoms with E-state index < -0.39 is 13.9 Å². The van der Waals surface area contributed by atoms with Crippen LogP contribution in [0.15, 0.2) is 0 Å². The Morgan fingerprint density at radius 1 is 1.22 bits per heavy atom. The highest BCUT2D eigenvalue weighted by molar-refractivity contribution is 6.73. The average Bonchev–Trinajstić information content (AvgIpc) is 2.37. The zero-order chi connectivity index (χ0) is 14.2. The van der Waals surface area contributed by atoms with Crippen LogP contribution in [-0.4, -0.2) is 26.5 Å². The molecule has 0 aliphatic carbocycles. The molecule has 3 nitrogen and oxygen atoms in total. The van der Waals surface area contributed by atoms with E-state index in [0.29, 0.717) is 6.61 Å². The summed E-state index contributed by atoms with van der Waals surface area (Å²) in [4.78, 5) is 12.1. The lowest BCUT2D eigenvalue weighted by Crippen LogP contribution is -2.50. The summed E-state index contributed by atoms with van der Waals surface area (Å²) in [6.07, 6.45) is 5.63. The molecule has 0 amide bonds. The first kappa shape index (κ1) is 17.2. The number of esters is 1.